The molecule has 3 aromatic carbocycles. The zero-order chi connectivity index (χ0) is 28.0. The smallest absolute Gasteiger partial charge is 0.173 e. The van der Waals surface area contributed by atoms with Gasteiger partial charge < -0.3 is 28.5 Å². The average Bonchev–Trinajstić information content (AvgIpc) is 3.45. The van der Waals surface area contributed by atoms with Crippen molar-refractivity contribution < 1.29 is 28.5 Å². The van der Waals surface area contributed by atoms with E-state index in [9.17, 15) is 5.11 Å². The van der Waals surface area contributed by atoms with Crippen LogP contribution >= 0.6 is 0 Å². The van der Waals surface area contributed by atoms with E-state index in [0.717, 1.165) is 17.1 Å². The Kier molecular flexibility index (Phi) is 8.84. The van der Waals surface area contributed by atoms with E-state index in [4.69, 9.17) is 23.4 Å². The third kappa shape index (κ3) is 5.90. The highest BCUT2D eigenvalue weighted by Gasteiger charge is 2.37. The minimum Gasteiger partial charge on any atom is -0.497 e. The lowest BCUT2D eigenvalue weighted by atomic mass is 9.84. The van der Waals surface area contributed by atoms with Crippen molar-refractivity contribution in [2.45, 2.75) is 38.6 Å². The molecule has 0 aliphatic rings. The van der Waals surface area contributed by atoms with E-state index in [1.54, 1.807) is 28.4 Å². The third-order valence-electron chi connectivity index (χ3n) is 6.98. The van der Waals surface area contributed by atoms with Crippen molar-refractivity contribution in [3.8, 4) is 23.0 Å². The van der Waals surface area contributed by atoms with Crippen LogP contribution in [0.1, 0.15) is 42.1 Å². The first kappa shape index (κ1) is 28.1. The number of benzene rings is 3. The highest BCUT2D eigenvalue weighted by molar-refractivity contribution is 5.48. The van der Waals surface area contributed by atoms with E-state index in [2.05, 4.69) is 18.7 Å². The molecule has 1 aromatic heterocycles. The standard InChI is InChI=1S/C32H37NO6/c1-22(2)33(20-23-8-7-9-29(37-5)31(23)38-6)21-28-18-19-30(39-28)32(34,24-10-14-26(35-3)15-11-24)25-12-16-27(36-4)17-13-25/h7-19,22,34H,20-21H2,1-6H3. The zero-order valence-electron chi connectivity index (χ0n) is 23.4. The van der Waals surface area contributed by atoms with Crippen LogP contribution < -0.4 is 18.9 Å². The number of hydrogen-bond donors (Lipinski definition) is 1. The highest BCUT2D eigenvalue weighted by Crippen LogP contribution is 2.39. The summed E-state index contributed by atoms with van der Waals surface area (Å²) in [6.07, 6.45) is 0. The molecular weight excluding hydrogens is 494 g/mol. The Labute approximate surface area is 230 Å². The normalized spacial score (nSPS) is 11.6. The molecule has 7 nitrogen and oxygen atoms in total. The summed E-state index contributed by atoms with van der Waals surface area (Å²) in [7, 11) is 6.52. The van der Waals surface area contributed by atoms with Gasteiger partial charge in [0.05, 0.1) is 35.0 Å². The number of hydrogen-bond acceptors (Lipinski definition) is 7. The van der Waals surface area contributed by atoms with E-state index < -0.39 is 5.60 Å². The van der Waals surface area contributed by atoms with Gasteiger partial charge in [-0.25, -0.2) is 0 Å². The second-order valence-electron chi connectivity index (χ2n) is 9.58. The van der Waals surface area contributed by atoms with Gasteiger partial charge in [0.15, 0.2) is 17.1 Å². The number of ether oxygens (including phenoxy) is 4. The molecule has 206 valence electrons. The summed E-state index contributed by atoms with van der Waals surface area (Å²) in [4.78, 5) is 2.28. The predicted molar refractivity (Wildman–Crippen MR) is 151 cm³/mol. The van der Waals surface area contributed by atoms with Crippen LogP contribution in [0.15, 0.2) is 83.3 Å². The number of aliphatic hydroxyl groups is 1. The maximum absolute atomic E-state index is 12.3. The molecule has 0 aliphatic carbocycles. The molecule has 1 heterocycles. The molecule has 1 N–H and O–H groups in total. The van der Waals surface area contributed by atoms with E-state index in [-0.39, 0.29) is 6.04 Å². The molecule has 0 unspecified atom stereocenters. The molecule has 0 radical (unpaired) electrons. The van der Waals surface area contributed by atoms with Crippen LogP contribution in [0.5, 0.6) is 23.0 Å². The maximum atomic E-state index is 12.3. The number of furan rings is 1. The summed E-state index contributed by atoms with van der Waals surface area (Å²) in [5, 5.41) is 12.3. The second-order valence-corrected chi connectivity index (χ2v) is 9.58. The van der Waals surface area contributed by atoms with E-state index in [1.165, 1.54) is 0 Å². The summed E-state index contributed by atoms with van der Waals surface area (Å²) in [6, 6.07) is 24.6. The fraction of sp³-hybridized carbons (Fsp3) is 0.312. The lowest BCUT2D eigenvalue weighted by Gasteiger charge is -2.28. The van der Waals surface area contributed by atoms with E-state index in [1.807, 2.05) is 78.9 Å². The van der Waals surface area contributed by atoms with Gasteiger partial charge >= 0.3 is 0 Å². The van der Waals surface area contributed by atoms with Crippen LogP contribution in [0.3, 0.4) is 0 Å². The molecular formula is C32H37NO6. The fourth-order valence-electron chi connectivity index (χ4n) is 4.69. The SMILES string of the molecule is COc1ccc(C(O)(c2ccc(OC)cc2)c2ccc(CN(Cc3cccc(OC)c3OC)C(C)C)o2)cc1. The van der Waals surface area contributed by atoms with Crippen molar-refractivity contribution in [2.24, 2.45) is 0 Å². The van der Waals surface area contributed by atoms with Gasteiger partial charge in [-0.05, 0) is 67.4 Å². The third-order valence-corrected chi connectivity index (χ3v) is 6.98. The molecule has 0 saturated carbocycles. The van der Waals surface area contributed by atoms with Crippen molar-refractivity contribution in [2.75, 3.05) is 28.4 Å². The first-order chi connectivity index (χ1) is 18.8. The van der Waals surface area contributed by atoms with Gasteiger partial charge in [-0.2, -0.15) is 0 Å². The van der Waals surface area contributed by atoms with Crippen LogP contribution in [0, 0.1) is 0 Å². The van der Waals surface area contributed by atoms with Crippen LogP contribution in [0.4, 0.5) is 0 Å². The van der Waals surface area contributed by atoms with Gasteiger partial charge in [0, 0.05) is 18.2 Å². The molecule has 0 fully saturated rings. The molecule has 0 aliphatic heterocycles. The largest absolute Gasteiger partial charge is 0.497 e. The van der Waals surface area contributed by atoms with Crippen molar-refractivity contribution in [1.82, 2.24) is 4.90 Å². The molecule has 4 aromatic rings. The Morgan fingerprint density at radius 2 is 1.31 bits per heavy atom. The Balaban J connectivity index is 1.68. The van der Waals surface area contributed by atoms with Gasteiger partial charge in [-0.1, -0.05) is 36.4 Å². The molecule has 0 saturated heterocycles. The Bertz CT molecular complexity index is 1300. The Hall–Kier alpha value is -3.94. The first-order valence-corrected chi connectivity index (χ1v) is 12.9. The molecule has 0 atom stereocenters. The van der Waals surface area contributed by atoms with Crippen LogP contribution in [-0.4, -0.2) is 44.5 Å². The van der Waals surface area contributed by atoms with E-state index >= 15 is 0 Å². The molecule has 7 heteroatoms. The molecule has 39 heavy (non-hydrogen) atoms. The first-order valence-electron chi connectivity index (χ1n) is 12.9. The molecule has 4 rings (SSSR count). The summed E-state index contributed by atoms with van der Waals surface area (Å²) in [5.41, 5.74) is 0.827. The van der Waals surface area contributed by atoms with Gasteiger partial charge in [-0.3, -0.25) is 4.90 Å². The summed E-state index contributed by atoms with van der Waals surface area (Å²) in [6.45, 7) is 5.46. The minimum absolute atomic E-state index is 0.219. The molecule has 0 spiro atoms. The summed E-state index contributed by atoms with van der Waals surface area (Å²) < 4.78 is 28.2. The van der Waals surface area contributed by atoms with Crippen LogP contribution in [0.25, 0.3) is 0 Å². The van der Waals surface area contributed by atoms with Gasteiger partial charge in [0.25, 0.3) is 0 Å². The van der Waals surface area contributed by atoms with Crippen molar-refractivity contribution in [3.63, 3.8) is 0 Å². The quantitative estimate of drug-likeness (QED) is 0.240. The zero-order valence-corrected chi connectivity index (χ0v) is 23.4. The topological polar surface area (TPSA) is 73.5 Å². The predicted octanol–water partition coefficient (Wildman–Crippen LogP) is 6.01. The highest BCUT2D eigenvalue weighted by atomic mass is 16.5. The van der Waals surface area contributed by atoms with Crippen molar-refractivity contribution >= 4 is 0 Å². The van der Waals surface area contributed by atoms with Crippen LogP contribution in [-0.2, 0) is 18.7 Å². The maximum Gasteiger partial charge on any atom is 0.173 e. The number of nitrogens with zero attached hydrogens (tertiary/aromatic N) is 1. The van der Waals surface area contributed by atoms with E-state index in [0.29, 0.717) is 47.2 Å². The van der Waals surface area contributed by atoms with Gasteiger partial charge in [-0.15, -0.1) is 0 Å². The molecule has 0 amide bonds. The molecule has 0 bridgehead atoms. The van der Waals surface area contributed by atoms with Crippen molar-refractivity contribution in [3.05, 3.63) is 107 Å². The number of methoxy groups -OCH3 is 4. The van der Waals surface area contributed by atoms with Gasteiger partial charge in [0.2, 0.25) is 0 Å². The van der Waals surface area contributed by atoms with Gasteiger partial charge in [0.1, 0.15) is 23.0 Å². The summed E-state index contributed by atoms with van der Waals surface area (Å²) in [5.74, 6) is 3.99. The fourth-order valence-corrected chi connectivity index (χ4v) is 4.69. The minimum atomic E-state index is -1.52. The second kappa shape index (κ2) is 12.3. The monoisotopic (exact) mass is 531 g/mol. The van der Waals surface area contributed by atoms with Crippen LogP contribution in [0.2, 0.25) is 0 Å². The number of rotatable bonds is 12. The Morgan fingerprint density at radius 3 is 1.79 bits per heavy atom. The summed E-state index contributed by atoms with van der Waals surface area (Å²) >= 11 is 0. The Morgan fingerprint density at radius 1 is 0.718 bits per heavy atom. The lowest BCUT2D eigenvalue weighted by molar-refractivity contribution is 0.0939. The number of para-hydroxylation sites is 1. The lowest BCUT2D eigenvalue weighted by Crippen LogP contribution is -2.30. The van der Waals surface area contributed by atoms with Crippen molar-refractivity contribution in [1.29, 1.82) is 0 Å². The average molecular weight is 532 g/mol.